The fraction of sp³-hybridized carbons (Fsp3) is 0.130. The second-order valence-corrected chi connectivity index (χ2v) is 6.72. The van der Waals surface area contributed by atoms with E-state index in [-0.39, 0.29) is 11.5 Å². The Morgan fingerprint density at radius 1 is 0.828 bits per heavy atom. The first-order valence-corrected chi connectivity index (χ1v) is 9.11. The summed E-state index contributed by atoms with van der Waals surface area (Å²) in [5, 5.41) is 5.57. The number of nitrogens with zero attached hydrogens (tertiary/aromatic N) is 1. The Morgan fingerprint density at radius 2 is 1.59 bits per heavy atom. The number of hydrogen-bond donors (Lipinski definition) is 2. The lowest BCUT2D eigenvalue weighted by atomic mass is 10.1. The van der Waals surface area contributed by atoms with Crippen LogP contribution >= 0.6 is 0 Å². The van der Waals surface area contributed by atoms with Crippen molar-refractivity contribution in [2.75, 3.05) is 10.6 Å². The Kier molecular flexibility index (Phi) is 5.83. The van der Waals surface area contributed by atoms with Crippen molar-refractivity contribution in [1.29, 1.82) is 0 Å². The predicted octanol–water partition coefficient (Wildman–Crippen LogP) is 4.41. The monoisotopic (exact) mass is 387 g/mol. The van der Waals surface area contributed by atoms with Crippen molar-refractivity contribution in [2.45, 2.75) is 20.8 Å². The van der Waals surface area contributed by atoms with Crippen molar-refractivity contribution in [3.8, 4) is 0 Å². The lowest BCUT2D eigenvalue weighted by Gasteiger charge is -2.11. The van der Waals surface area contributed by atoms with Gasteiger partial charge in [-0.25, -0.2) is 0 Å². The number of benzene rings is 2. The van der Waals surface area contributed by atoms with Gasteiger partial charge in [-0.3, -0.25) is 19.4 Å². The van der Waals surface area contributed by atoms with Crippen LogP contribution < -0.4 is 10.6 Å². The maximum Gasteiger partial charge on any atom is 0.274 e. The summed E-state index contributed by atoms with van der Waals surface area (Å²) in [5.74, 6) is -0.878. The Hall–Kier alpha value is -3.80. The molecule has 0 aliphatic heterocycles. The van der Waals surface area contributed by atoms with Crippen LogP contribution in [0.15, 0.2) is 60.8 Å². The maximum absolute atomic E-state index is 12.6. The van der Waals surface area contributed by atoms with Crippen molar-refractivity contribution in [3.05, 3.63) is 88.7 Å². The quantitative estimate of drug-likeness (QED) is 0.635. The van der Waals surface area contributed by atoms with Gasteiger partial charge in [0.25, 0.3) is 11.8 Å². The van der Waals surface area contributed by atoms with Gasteiger partial charge in [0.1, 0.15) is 5.69 Å². The Morgan fingerprint density at radius 3 is 2.34 bits per heavy atom. The zero-order valence-electron chi connectivity index (χ0n) is 16.4. The van der Waals surface area contributed by atoms with E-state index >= 15 is 0 Å². The number of carbonyl (C=O) groups excluding carboxylic acids is 3. The van der Waals surface area contributed by atoms with Gasteiger partial charge < -0.3 is 10.6 Å². The number of ketones is 1. The SMILES string of the molecule is CC(=O)c1cccc(NC(=O)c2ccnc(C(=O)Nc3cccc(C)c3C)c2)c1. The fourth-order valence-electron chi connectivity index (χ4n) is 2.79. The number of pyridine rings is 1. The highest BCUT2D eigenvalue weighted by Crippen LogP contribution is 2.19. The average Bonchev–Trinajstić information content (AvgIpc) is 2.71. The molecule has 0 saturated carbocycles. The molecule has 0 atom stereocenters. The molecule has 2 aromatic carbocycles. The van der Waals surface area contributed by atoms with Gasteiger partial charge in [-0.2, -0.15) is 0 Å². The lowest BCUT2D eigenvalue weighted by molar-refractivity contribution is 0.100. The van der Waals surface area contributed by atoms with E-state index in [2.05, 4.69) is 15.6 Å². The van der Waals surface area contributed by atoms with Crippen molar-refractivity contribution >= 4 is 29.0 Å². The van der Waals surface area contributed by atoms with Gasteiger partial charge in [0.2, 0.25) is 0 Å². The van der Waals surface area contributed by atoms with Crippen molar-refractivity contribution in [2.24, 2.45) is 0 Å². The molecule has 146 valence electrons. The Labute approximate surface area is 169 Å². The third-order valence-electron chi connectivity index (χ3n) is 4.63. The molecule has 0 aliphatic rings. The number of nitrogens with one attached hydrogen (secondary N) is 2. The summed E-state index contributed by atoms with van der Waals surface area (Å²) in [6, 6.07) is 15.3. The summed E-state index contributed by atoms with van der Waals surface area (Å²) in [5.41, 5.74) is 4.17. The molecule has 3 aromatic rings. The van der Waals surface area contributed by atoms with E-state index in [1.165, 1.54) is 25.3 Å². The standard InChI is InChI=1S/C23H21N3O3/c1-14-6-4-9-20(15(14)2)26-23(29)21-13-18(10-11-24-21)22(28)25-19-8-5-7-17(12-19)16(3)27/h4-13H,1-3H3,(H,25,28)(H,26,29). The van der Waals surface area contributed by atoms with E-state index in [9.17, 15) is 14.4 Å². The fourth-order valence-corrected chi connectivity index (χ4v) is 2.79. The van der Waals surface area contributed by atoms with Gasteiger partial charge in [-0.15, -0.1) is 0 Å². The minimum absolute atomic E-state index is 0.0876. The molecule has 2 N–H and O–H groups in total. The smallest absolute Gasteiger partial charge is 0.274 e. The normalized spacial score (nSPS) is 10.3. The molecule has 1 heterocycles. The minimum Gasteiger partial charge on any atom is -0.322 e. The van der Waals surface area contributed by atoms with Gasteiger partial charge in [-0.1, -0.05) is 24.3 Å². The first kappa shape index (κ1) is 19.9. The Bertz CT molecular complexity index is 1110. The third-order valence-corrected chi connectivity index (χ3v) is 4.63. The molecule has 0 unspecified atom stereocenters. The number of hydrogen-bond acceptors (Lipinski definition) is 4. The molecule has 0 fully saturated rings. The summed E-state index contributed by atoms with van der Waals surface area (Å²) >= 11 is 0. The number of amides is 2. The van der Waals surface area contributed by atoms with E-state index < -0.39 is 11.8 Å². The summed E-state index contributed by atoms with van der Waals surface area (Å²) in [7, 11) is 0. The average molecular weight is 387 g/mol. The zero-order valence-corrected chi connectivity index (χ0v) is 16.4. The molecule has 6 heteroatoms. The number of aryl methyl sites for hydroxylation is 1. The molecule has 2 amide bonds. The molecule has 0 saturated heterocycles. The van der Waals surface area contributed by atoms with E-state index in [0.717, 1.165) is 11.1 Å². The van der Waals surface area contributed by atoms with Crippen LogP contribution in [0.1, 0.15) is 49.3 Å². The predicted molar refractivity (Wildman–Crippen MR) is 113 cm³/mol. The first-order chi connectivity index (χ1) is 13.8. The van der Waals surface area contributed by atoms with Crippen LogP contribution in [0, 0.1) is 13.8 Å². The molecule has 6 nitrogen and oxygen atoms in total. The summed E-state index contributed by atoms with van der Waals surface area (Å²) in [4.78, 5) is 40.7. The zero-order chi connectivity index (χ0) is 21.0. The van der Waals surface area contributed by atoms with E-state index in [4.69, 9.17) is 0 Å². The number of rotatable bonds is 5. The van der Waals surface area contributed by atoms with E-state index in [1.807, 2.05) is 32.0 Å². The minimum atomic E-state index is -0.396. The summed E-state index contributed by atoms with van der Waals surface area (Å²) in [6.45, 7) is 5.36. The van der Waals surface area contributed by atoms with Crippen LogP contribution in [0.4, 0.5) is 11.4 Å². The molecule has 0 spiro atoms. The van der Waals surface area contributed by atoms with Gasteiger partial charge in [-0.05, 0) is 62.2 Å². The largest absolute Gasteiger partial charge is 0.322 e. The van der Waals surface area contributed by atoms with Crippen LogP contribution in [0.5, 0.6) is 0 Å². The number of carbonyl (C=O) groups is 3. The Balaban J connectivity index is 1.77. The second kappa shape index (κ2) is 8.48. The molecule has 0 aliphatic carbocycles. The van der Waals surface area contributed by atoms with Crippen molar-refractivity contribution in [3.63, 3.8) is 0 Å². The van der Waals surface area contributed by atoms with E-state index in [1.54, 1.807) is 24.3 Å². The van der Waals surface area contributed by atoms with E-state index in [0.29, 0.717) is 22.5 Å². The van der Waals surface area contributed by atoms with Crippen LogP contribution in [0.3, 0.4) is 0 Å². The van der Waals surface area contributed by atoms with Crippen LogP contribution in [-0.2, 0) is 0 Å². The van der Waals surface area contributed by atoms with Gasteiger partial charge >= 0.3 is 0 Å². The van der Waals surface area contributed by atoms with Crippen LogP contribution in [-0.4, -0.2) is 22.6 Å². The highest BCUT2D eigenvalue weighted by atomic mass is 16.2. The summed E-state index contributed by atoms with van der Waals surface area (Å²) in [6.07, 6.45) is 1.42. The second-order valence-electron chi connectivity index (χ2n) is 6.72. The molecular formula is C23H21N3O3. The lowest BCUT2D eigenvalue weighted by Crippen LogP contribution is -2.17. The first-order valence-electron chi connectivity index (χ1n) is 9.11. The molecule has 29 heavy (non-hydrogen) atoms. The van der Waals surface area contributed by atoms with Crippen LogP contribution in [0.2, 0.25) is 0 Å². The maximum atomic E-state index is 12.6. The number of Topliss-reactive ketones (excluding diaryl/α,β-unsaturated/α-hetero) is 1. The molecular weight excluding hydrogens is 366 g/mol. The number of aromatic nitrogens is 1. The third kappa shape index (κ3) is 4.73. The number of anilines is 2. The molecule has 3 rings (SSSR count). The van der Waals surface area contributed by atoms with Gasteiger partial charge in [0.05, 0.1) is 0 Å². The molecule has 1 aromatic heterocycles. The van der Waals surface area contributed by atoms with Gasteiger partial charge in [0, 0.05) is 28.7 Å². The topological polar surface area (TPSA) is 88.2 Å². The van der Waals surface area contributed by atoms with Gasteiger partial charge in [0.15, 0.2) is 5.78 Å². The van der Waals surface area contributed by atoms with Crippen molar-refractivity contribution in [1.82, 2.24) is 4.98 Å². The van der Waals surface area contributed by atoms with Crippen LogP contribution in [0.25, 0.3) is 0 Å². The highest BCUT2D eigenvalue weighted by Gasteiger charge is 2.14. The molecule has 0 radical (unpaired) electrons. The van der Waals surface area contributed by atoms with Crippen molar-refractivity contribution < 1.29 is 14.4 Å². The highest BCUT2D eigenvalue weighted by molar-refractivity contribution is 6.08. The summed E-state index contributed by atoms with van der Waals surface area (Å²) < 4.78 is 0. The molecule has 0 bridgehead atoms.